The van der Waals surface area contributed by atoms with Crippen LogP contribution < -0.4 is 5.73 Å². The number of nitrogen functional groups attached to an aromatic ring is 1. The highest BCUT2D eigenvalue weighted by Crippen LogP contribution is 2.29. The summed E-state index contributed by atoms with van der Waals surface area (Å²) in [5.41, 5.74) is 6.56. The lowest BCUT2D eigenvalue weighted by molar-refractivity contribution is 0.101. The van der Waals surface area contributed by atoms with Crippen molar-refractivity contribution in [2.24, 2.45) is 0 Å². The third-order valence-corrected chi connectivity index (χ3v) is 3.51. The fourth-order valence-electron chi connectivity index (χ4n) is 1.58. The molecule has 1 aliphatic rings. The number of hydrogen-bond acceptors (Lipinski definition) is 3. The van der Waals surface area contributed by atoms with Crippen LogP contribution in [0.3, 0.4) is 0 Å². The lowest BCUT2D eigenvalue weighted by atomic mass is 10.2. The van der Waals surface area contributed by atoms with Crippen LogP contribution in [0.25, 0.3) is 0 Å². The summed E-state index contributed by atoms with van der Waals surface area (Å²) in [4.78, 5) is 1.25. The SMILES string of the molecule is Nc1cccc(SC2CCCOC2)c1. The van der Waals surface area contributed by atoms with Gasteiger partial charge in [-0.2, -0.15) is 0 Å². The van der Waals surface area contributed by atoms with Gasteiger partial charge < -0.3 is 10.5 Å². The van der Waals surface area contributed by atoms with Gasteiger partial charge in [-0.15, -0.1) is 11.8 Å². The van der Waals surface area contributed by atoms with E-state index < -0.39 is 0 Å². The average molecular weight is 209 g/mol. The van der Waals surface area contributed by atoms with E-state index >= 15 is 0 Å². The Hall–Kier alpha value is -0.670. The minimum atomic E-state index is 0.602. The molecule has 1 saturated heterocycles. The van der Waals surface area contributed by atoms with Gasteiger partial charge in [0.25, 0.3) is 0 Å². The summed E-state index contributed by atoms with van der Waals surface area (Å²) in [7, 11) is 0. The monoisotopic (exact) mass is 209 g/mol. The summed E-state index contributed by atoms with van der Waals surface area (Å²) in [6.45, 7) is 1.80. The molecule has 2 N–H and O–H groups in total. The highest BCUT2D eigenvalue weighted by molar-refractivity contribution is 8.00. The first-order chi connectivity index (χ1) is 6.84. The van der Waals surface area contributed by atoms with Crippen LogP contribution in [0.1, 0.15) is 12.8 Å². The zero-order chi connectivity index (χ0) is 9.80. The van der Waals surface area contributed by atoms with Crippen LogP contribution >= 0.6 is 11.8 Å². The van der Waals surface area contributed by atoms with Crippen LogP contribution in [-0.2, 0) is 4.74 Å². The summed E-state index contributed by atoms with van der Waals surface area (Å²) < 4.78 is 5.43. The summed E-state index contributed by atoms with van der Waals surface area (Å²) >= 11 is 1.87. The number of thioether (sulfide) groups is 1. The second kappa shape index (κ2) is 4.71. The molecule has 14 heavy (non-hydrogen) atoms. The molecule has 0 bridgehead atoms. The predicted octanol–water partition coefficient (Wildman–Crippen LogP) is 2.54. The molecule has 1 unspecified atom stereocenters. The Morgan fingerprint density at radius 3 is 3.07 bits per heavy atom. The zero-order valence-corrected chi connectivity index (χ0v) is 8.93. The van der Waals surface area contributed by atoms with E-state index in [0.29, 0.717) is 5.25 Å². The third kappa shape index (κ3) is 2.66. The zero-order valence-electron chi connectivity index (χ0n) is 8.11. The molecule has 1 aliphatic heterocycles. The Balaban J connectivity index is 1.95. The van der Waals surface area contributed by atoms with E-state index in [2.05, 4.69) is 6.07 Å². The van der Waals surface area contributed by atoms with Crippen LogP contribution in [0.5, 0.6) is 0 Å². The fourth-order valence-corrected chi connectivity index (χ4v) is 2.78. The molecular weight excluding hydrogens is 194 g/mol. The standard InChI is InChI=1S/C11H15NOS/c12-9-3-1-4-10(7-9)14-11-5-2-6-13-8-11/h1,3-4,7,11H,2,5-6,8,12H2. The number of hydrogen-bond donors (Lipinski definition) is 1. The molecule has 76 valence electrons. The van der Waals surface area contributed by atoms with Gasteiger partial charge >= 0.3 is 0 Å². The Labute approximate surface area is 88.8 Å². The Bertz CT molecular complexity index is 297. The van der Waals surface area contributed by atoms with Gasteiger partial charge in [0.15, 0.2) is 0 Å². The van der Waals surface area contributed by atoms with Crippen molar-refractivity contribution in [3.05, 3.63) is 24.3 Å². The van der Waals surface area contributed by atoms with Gasteiger partial charge in [-0.05, 0) is 31.0 Å². The summed E-state index contributed by atoms with van der Waals surface area (Å²) in [5.74, 6) is 0. The van der Waals surface area contributed by atoms with Crippen molar-refractivity contribution in [1.29, 1.82) is 0 Å². The van der Waals surface area contributed by atoms with Crippen molar-refractivity contribution < 1.29 is 4.74 Å². The summed E-state index contributed by atoms with van der Waals surface area (Å²) in [5, 5.41) is 0.602. The largest absolute Gasteiger partial charge is 0.399 e. The van der Waals surface area contributed by atoms with E-state index in [9.17, 15) is 0 Å². The topological polar surface area (TPSA) is 35.2 Å². The Kier molecular flexibility index (Phi) is 3.32. The first-order valence-corrected chi connectivity index (χ1v) is 5.82. The highest BCUT2D eigenvalue weighted by atomic mass is 32.2. The van der Waals surface area contributed by atoms with Crippen LogP contribution in [0, 0.1) is 0 Å². The van der Waals surface area contributed by atoms with Gasteiger partial charge in [0, 0.05) is 22.4 Å². The predicted molar refractivity (Wildman–Crippen MR) is 60.6 cm³/mol. The minimum Gasteiger partial charge on any atom is -0.399 e. The van der Waals surface area contributed by atoms with Crippen molar-refractivity contribution in [2.75, 3.05) is 18.9 Å². The quantitative estimate of drug-likeness (QED) is 0.760. The lowest BCUT2D eigenvalue weighted by Gasteiger charge is -2.21. The second-order valence-corrected chi connectivity index (χ2v) is 4.90. The van der Waals surface area contributed by atoms with E-state index in [1.54, 1.807) is 0 Å². The third-order valence-electron chi connectivity index (χ3n) is 2.28. The molecule has 0 aliphatic carbocycles. The van der Waals surface area contributed by atoms with Gasteiger partial charge in [-0.25, -0.2) is 0 Å². The fraction of sp³-hybridized carbons (Fsp3) is 0.455. The van der Waals surface area contributed by atoms with Crippen LogP contribution in [0.2, 0.25) is 0 Å². The smallest absolute Gasteiger partial charge is 0.0588 e. The van der Waals surface area contributed by atoms with Crippen LogP contribution in [0.15, 0.2) is 29.2 Å². The molecule has 1 fully saturated rings. The maximum absolute atomic E-state index is 5.72. The number of ether oxygens (including phenoxy) is 1. The molecule has 1 aromatic rings. The molecule has 1 aromatic carbocycles. The average Bonchev–Trinajstić information content (AvgIpc) is 2.19. The molecule has 0 amide bonds. The van der Waals surface area contributed by atoms with Gasteiger partial charge in [-0.1, -0.05) is 6.07 Å². The number of rotatable bonds is 2. The molecule has 0 aromatic heterocycles. The molecular formula is C11H15NOS. The van der Waals surface area contributed by atoms with Crippen molar-refractivity contribution in [3.63, 3.8) is 0 Å². The Morgan fingerprint density at radius 1 is 1.43 bits per heavy atom. The van der Waals surface area contributed by atoms with E-state index in [4.69, 9.17) is 10.5 Å². The molecule has 0 saturated carbocycles. The summed E-state index contributed by atoms with van der Waals surface area (Å²) in [6, 6.07) is 8.05. The first-order valence-electron chi connectivity index (χ1n) is 4.94. The number of anilines is 1. The molecule has 2 nitrogen and oxygen atoms in total. The maximum atomic E-state index is 5.72. The molecule has 0 spiro atoms. The summed E-state index contributed by atoms with van der Waals surface area (Å²) in [6.07, 6.45) is 2.43. The van der Waals surface area contributed by atoms with E-state index in [-0.39, 0.29) is 0 Å². The lowest BCUT2D eigenvalue weighted by Crippen LogP contribution is -2.19. The van der Waals surface area contributed by atoms with E-state index in [1.165, 1.54) is 17.7 Å². The molecule has 1 heterocycles. The van der Waals surface area contributed by atoms with Crippen molar-refractivity contribution in [3.8, 4) is 0 Å². The Morgan fingerprint density at radius 2 is 2.36 bits per heavy atom. The molecule has 1 atom stereocenters. The van der Waals surface area contributed by atoms with E-state index in [0.717, 1.165) is 18.9 Å². The van der Waals surface area contributed by atoms with Crippen molar-refractivity contribution in [2.45, 2.75) is 23.0 Å². The first kappa shape index (κ1) is 9.87. The molecule has 2 rings (SSSR count). The van der Waals surface area contributed by atoms with Crippen LogP contribution in [0.4, 0.5) is 5.69 Å². The number of nitrogens with two attached hydrogens (primary N) is 1. The molecule has 0 radical (unpaired) electrons. The van der Waals surface area contributed by atoms with Crippen molar-refractivity contribution in [1.82, 2.24) is 0 Å². The van der Waals surface area contributed by atoms with E-state index in [1.807, 2.05) is 30.0 Å². The maximum Gasteiger partial charge on any atom is 0.0588 e. The highest BCUT2D eigenvalue weighted by Gasteiger charge is 2.14. The van der Waals surface area contributed by atoms with Gasteiger partial charge in [0.2, 0.25) is 0 Å². The van der Waals surface area contributed by atoms with Crippen LogP contribution in [-0.4, -0.2) is 18.5 Å². The number of benzene rings is 1. The normalized spacial score (nSPS) is 22.1. The van der Waals surface area contributed by atoms with Crippen molar-refractivity contribution >= 4 is 17.4 Å². The minimum absolute atomic E-state index is 0.602. The van der Waals surface area contributed by atoms with Gasteiger partial charge in [0.1, 0.15) is 0 Å². The van der Waals surface area contributed by atoms with Gasteiger partial charge in [0.05, 0.1) is 6.61 Å². The second-order valence-electron chi connectivity index (χ2n) is 3.53. The molecule has 3 heteroatoms. The van der Waals surface area contributed by atoms with Gasteiger partial charge in [-0.3, -0.25) is 0 Å².